The topological polar surface area (TPSA) is 79.8 Å². The molecule has 1 amide bonds. The van der Waals surface area contributed by atoms with Crippen LogP contribution in [0.2, 0.25) is 0 Å². The van der Waals surface area contributed by atoms with E-state index in [1.165, 1.54) is 6.07 Å². The van der Waals surface area contributed by atoms with Gasteiger partial charge in [0.2, 0.25) is 5.91 Å². The maximum absolute atomic E-state index is 14.5. The van der Waals surface area contributed by atoms with Crippen molar-refractivity contribution in [3.8, 4) is 11.1 Å². The molecule has 4 rings (SSSR count). The van der Waals surface area contributed by atoms with E-state index in [4.69, 9.17) is 10.7 Å². The predicted octanol–water partition coefficient (Wildman–Crippen LogP) is 2.48. The number of fused-ring (bicyclic) bond motifs is 1. The molecule has 3 aromatic rings. The van der Waals surface area contributed by atoms with Crippen LogP contribution in [0.4, 0.5) is 10.2 Å². The Kier molecular flexibility index (Phi) is 5.42. The highest BCUT2D eigenvalue weighted by molar-refractivity contribution is 5.82. The van der Waals surface area contributed by atoms with Gasteiger partial charge in [0.15, 0.2) is 5.65 Å². The van der Waals surface area contributed by atoms with E-state index < -0.39 is 6.04 Å². The van der Waals surface area contributed by atoms with E-state index >= 15 is 0 Å². The summed E-state index contributed by atoms with van der Waals surface area (Å²) in [5, 5.41) is 4.32. The summed E-state index contributed by atoms with van der Waals surface area (Å²) in [6.07, 6.45) is 3.48. The van der Waals surface area contributed by atoms with Crippen molar-refractivity contribution >= 4 is 17.4 Å². The Labute approximate surface area is 175 Å². The number of carbonyl (C=O) groups is 1. The molecule has 1 fully saturated rings. The van der Waals surface area contributed by atoms with Crippen molar-refractivity contribution in [1.29, 1.82) is 0 Å². The average molecular weight is 410 g/mol. The van der Waals surface area contributed by atoms with E-state index in [-0.39, 0.29) is 17.6 Å². The van der Waals surface area contributed by atoms with E-state index in [2.05, 4.69) is 10.00 Å². The van der Waals surface area contributed by atoms with E-state index in [1.807, 2.05) is 44.0 Å². The van der Waals surface area contributed by atoms with Gasteiger partial charge in [0.25, 0.3) is 0 Å². The highest BCUT2D eigenvalue weighted by Crippen LogP contribution is 2.28. The number of anilines is 1. The summed E-state index contributed by atoms with van der Waals surface area (Å²) >= 11 is 0. The van der Waals surface area contributed by atoms with Crippen LogP contribution < -0.4 is 10.6 Å². The average Bonchev–Trinajstić information content (AvgIpc) is 3.15. The summed E-state index contributed by atoms with van der Waals surface area (Å²) in [6, 6.07) is 6.58. The van der Waals surface area contributed by atoms with Gasteiger partial charge in [-0.25, -0.2) is 13.9 Å². The molecule has 1 atom stereocenters. The highest BCUT2D eigenvalue weighted by Gasteiger charge is 2.27. The van der Waals surface area contributed by atoms with Crippen LogP contribution in [-0.2, 0) is 4.79 Å². The molecule has 2 N–H and O–H groups in total. The van der Waals surface area contributed by atoms with Gasteiger partial charge in [-0.15, -0.1) is 0 Å². The van der Waals surface area contributed by atoms with Gasteiger partial charge in [0, 0.05) is 43.5 Å². The molecular formula is C22H27FN6O. The van der Waals surface area contributed by atoms with Gasteiger partial charge < -0.3 is 15.5 Å². The molecule has 30 heavy (non-hydrogen) atoms. The number of halogens is 1. The quantitative estimate of drug-likeness (QED) is 0.715. The molecule has 0 bridgehead atoms. The number of piperazine rings is 1. The number of aromatic nitrogens is 3. The monoisotopic (exact) mass is 410 g/mol. The van der Waals surface area contributed by atoms with Crippen LogP contribution in [0.15, 0.2) is 36.7 Å². The van der Waals surface area contributed by atoms with Gasteiger partial charge in [-0.3, -0.25) is 4.79 Å². The Morgan fingerprint density at radius 2 is 1.87 bits per heavy atom. The maximum atomic E-state index is 14.5. The van der Waals surface area contributed by atoms with Crippen LogP contribution in [0.25, 0.3) is 16.8 Å². The molecule has 7 nitrogen and oxygen atoms in total. The first kappa shape index (κ1) is 20.3. The van der Waals surface area contributed by atoms with Crippen molar-refractivity contribution in [2.45, 2.75) is 26.8 Å². The number of rotatable bonds is 4. The molecule has 2 aromatic heterocycles. The molecule has 0 saturated carbocycles. The second-order valence-corrected chi connectivity index (χ2v) is 8.18. The number of hydrogen-bond acceptors (Lipinski definition) is 5. The van der Waals surface area contributed by atoms with E-state index in [0.717, 1.165) is 11.4 Å². The Morgan fingerprint density at radius 1 is 1.13 bits per heavy atom. The molecule has 158 valence electrons. The summed E-state index contributed by atoms with van der Waals surface area (Å²) in [5.74, 6) is 0.616. The molecule has 1 aromatic carbocycles. The predicted molar refractivity (Wildman–Crippen MR) is 115 cm³/mol. The van der Waals surface area contributed by atoms with Crippen molar-refractivity contribution in [3.05, 3.63) is 48.0 Å². The fourth-order valence-electron chi connectivity index (χ4n) is 3.72. The summed E-state index contributed by atoms with van der Waals surface area (Å²) in [6.45, 7) is 8.31. The molecule has 0 spiro atoms. The Bertz CT molecular complexity index is 1070. The van der Waals surface area contributed by atoms with Crippen molar-refractivity contribution < 1.29 is 9.18 Å². The minimum Gasteiger partial charge on any atom is -0.353 e. The fraction of sp³-hybridized carbons (Fsp3) is 0.409. The van der Waals surface area contributed by atoms with Gasteiger partial charge in [0.1, 0.15) is 11.6 Å². The molecule has 0 radical (unpaired) electrons. The molecule has 8 heteroatoms. The highest BCUT2D eigenvalue weighted by atomic mass is 19.1. The summed E-state index contributed by atoms with van der Waals surface area (Å²) in [5.41, 5.74) is 8.64. The van der Waals surface area contributed by atoms with Gasteiger partial charge in [-0.05, 0) is 30.5 Å². The SMILES string of the molecule is Cc1ccc(-c2cnn3ccc(N4CCN(C(=O)[C@@H](N)C(C)C)CC4)nc23)c(F)c1. The molecule has 1 aliphatic heterocycles. The lowest BCUT2D eigenvalue weighted by molar-refractivity contribution is -0.133. The largest absolute Gasteiger partial charge is 0.353 e. The van der Waals surface area contributed by atoms with Crippen molar-refractivity contribution in [2.24, 2.45) is 11.7 Å². The van der Waals surface area contributed by atoms with Crippen LogP contribution in [0.5, 0.6) is 0 Å². The Morgan fingerprint density at radius 3 is 2.53 bits per heavy atom. The van der Waals surface area contributed by atoms with Gasteiger partial charge in [-0.1, -0.05) is 26.0 Å². The molecular weight excluding hydrogens is 383 g/mol. The number of benzene rings is 1. The molecule has 1 saturated heterocycles. The van der Waals surface area contributed by atoms with Crippen LogP contribution >= 0.6 is 0 Å². The van der Waals surface area contributed by atoms with Crippen molar-refractivity contribution in [3.63, 3.8) is 0 Å². The number of nitrogens with two attached hydrogens (primary N) is 1. The normalized spacial score (nSPS) is 15.8. The first-order chi connectivity index (χ1) is 14.3. The zero-order valence-corrected chi connectivity index (χ0v) is 17.5. The van der Waals surface area contributed by atoms with E-state index in [9.17, 15) is 9.18 Å². The summed E-state index contributed by atoms with van der Waals surface area (Å²) < 4.78 is 16.2. The number of carbonyl (C=O) groups excluding carboxylic acids is 1. The van der Waals surface area contributed by atoms with Crippen LogP contribution in [0.3, 0.4) is 0 Å². The van der Waals surface area contributed by atoms with Crippen molar-refractivity contribution in [2.75, 3.05) is 31.1 Å². The molecule has 0 aliphatic carbocycles. The third kappa shape index (κ3) is 3.75. The lowest BCUT2D eigenvalue weighted by Crippen LogP contribution is -2.54. The lowest BCUT2D eigenvalue weighted by atomic mass is 10.0. The second kappa shape index (κ2) is 8.02. The van der Waals surface area contributed by atoms with Crippen LogP contribution in [-0.4, -0.2) is 57.6 Å². The van der Waals surface area contributed by atoms with Gasteiger partial charge in [-0.2, -0.15) is 5.10 Å². The standard InChI is InChI=1S/C22H27FN6O/c1-14(2)20(24)22(30)28-10-8-27(9-11-28)19-6-7-29-21(26-19)17(13-25-29)16-5-4-15(3)12-18(16)23/h4-7,12-14,20H,8-11,24H2,1-3H3/t20-/m0/s1. The second-order valence-electron chi connectivity index (χ2n) is 8.18. The lowest BCUT2D eigenvalue weighted by Gasteiger charge is -2.37. The number of amides is 1. The first-order valence-corrected chi connectivity index (χ1v) is 10.3. The van der Waals surface area contributed by atoms with Crippen molar-refractivity contribution in [1.82, 2.24) is 19.5 Å². The Hall–Kier alpha value is -3.00. The van der Waals surface area contributed by atoms with Crippen LogP contribution in [0, 0.1) is 18.7 Å². The molecule has 3 heterocycles. The van der Waals surface area contributed by atoms with Crippen LogP contribution in [0.1, 0.15) is 19.4 Å². The zero-order chi connectivity index (χ0) is 21.4. The first-order valence-electron chi connectivity index (χ1n) is 10.3. The van der Waals surface area contributed by atoms with Gasteiger partial charge >= 0.3 is 0 Å². The molecule has 0 unspecified atom stereocenters. The summed E-state index contributed by atoms with van der Waals surface area (Å²) in [7, 11) is 0. The number of aryl methyl sites for hydroxylation is 1. The Balaban J connectivity index is 1.56. The van der Waals surface area contributed by atoms with E-state index in [1.54, 1.807) is 16.8 Å². The number of nitrogens with zero attached hydrogens (tertiary/aromatic N) is 5. The fourth-order valence-corrected chi connectivity index (χ4v) is 3.72. The minimum absolute atomic E-state index is 0.000911. The maximum Gasteiger partial charge on any atom is 0.239 e. The molecule has 1 aliphatic rings. The number of hydrogen-bond donors (Lipinski definition) is 1. The van der Waals surface area contributed by atoms with Gasteiger partial charge in [0.05, 0.1) is 12.2 Å². The van der Waals surface area contributed by atoms with E-state index in [0.29, 0.717) is 43.0 Å². The third-order valence-electron chi connectivity index (χ3n) is 5.69. The smallest absolute Gasteiger partial charge is 0.239 e. The zero-order valence-electron chi connectivity index (χ0n) is 17.5. The minimum atomic E-state index is -0.468. The third-order valence-corrected chi connectivity index (χ3v) is 5.69. The summed E-state index contributed by atoms with van der Waals surface area (Å²) in [4.78, 5) is 21.2.